The minimum Gasteiger partial charge on any atom is -0.440 e. The smallest absolute Gasteiger partial charge is 0.255 e. The molecular weight excluding hydrogens is 364 g/mol. The van der Waals surface area contributed by atoms with E-state index in [4.69, 9.17) is 4.42 Å². The van der Waals surface area contributed by atoms with Crippen molar-refractivity contribution < 1.29 is 9.21 Å². The molecule has 2 saturated heterocycles. The summed E-state index contributed by atoms with van der Waals surface area (Å²) in [6.45, 7) is 3.51. The van der Waals surface area contributed by atoms with E-state index >= 15 is 0 Å². The van der Waals surface area contributed by atoms with Crippen LogP contribution in [0.1, 0.15) is 54.3 Å². The number of carbonyl (C=O) groups excluding carboxylic acids is 1. The number of oxazole rings is 1. The fourth-order valence-electron chi connectivity index (χ4n) is 4.43. The molecule has 4 heterocycles. The molecule has 1 atom stereocenters. The van der Waals surface area contributed by atoms with E-state index in [9.17, 15) is 4.79 Å². The van der Waals surface area contributed by atoms with Crippen LogP contribution in [0.2, 0.25) is 0 Å². The molecule has 29 heavy (non-hydrogen) atoms. The predicted molar refractivity (Wildman–Crippen MR) is 112 cm³/mol. The molecule has 2 fully saturated rings. The number of piperidine rings is 2. The van der Waals surface area contributed by atoms with Crippen LogP contribution in [0.4, 0.5) is 5.82 Å². The van der Waals surface area contributed by atoms with Crippen LogP contribution < -0.4 is 4.90 Å². The van der Waals surface area contributed by atoms with E-state index in [1.807, 2.05) is 41.3 Å². The van der Waals surface area contributed by atoms with Gasteiger partial charge in [0.25, 0.3) is 5.91 Å². The fraction of sp³-hybridized carbons (Fsp3) is 0.435. The number of carbonyl (C=O) groups is 1. The van der Waals surface area contributed by atoms with E-state index in [0.29, 0.717) is 5.56 Å². The molecule has 3 aromatic rings. The van der Waals surface area contributed by atoms with Crippen molar-refractivity contribution in [2.45, 2.75) is 38.0 Å². The van der Waals surface area contributed by atoms with Crippen molar-refractivity contribution in [3.63, 3.8) is 0 Å². The lowest BCUT2D eigenvalue weighted by molar-refractivity contribution is 0.0724. The minimum atomic E-state index is 0.103. The standard InChI is InChI=1S/C23H26N4O2/c28-23(26-12-4-1-5-13-26)17-10-11-21(24-15-17)27-14-6-7-18(16-27)22-25-19-8-2-3-9-20(19)29-22/h2-3,8-11,15,18H,1,4-7,12-14,16H2. The van der Waals surface area contributed by atoms with Crippen molar-refractivity contribution in [1.82, 2.24) is 14.9 Å². The highest BCUT2D eigenvalue weighted by atomic mass is 16.3. The summed E-state index contributed by atoms with van der Waals surface area (Å²) in [5.41, 5.74) is 2.44. The van der Waals surface area contributed by atoms with Gasteiger partial charge in [0.05, 0.1) is 11.5 Å². The topological polar surface area (TPSA) is 62.5 Å². The van der Waals surface area contributed by atoms with Gasteiger partial charge in [-0.25, -0.2) is 9.97 Å². The molecule has 2 aromatic heterocycles. The Bertz CT molecular complexity index is 959. The summed E-state index contributed by atoms with van der Waals surface area (Å²) in [5, 5.41) is 0. The molecule has 150 valence electrons. The van der Waals surface area contributed by atoms with Crippen molar-refractivity contribution in [3.05, 3.63) is 54.0 Å². The Morgan fingerprint density at radius 2 is 1.86 bits per heavy atom. The molecule has 1 aromatic carbocycles. The van der Waals surface area contributed by atoms with Gasteiger partial charge in [-0.1, -0.05) is 12.1 Å². The van der Waals surface area contributed by atoms with Crippen molar-refractivity contribution in [1.29, 1.82) is 0 Å². The molecule has 2 aliphatic rings. The Balaban J connectivity index is 1.29. The van der Waals surface area contributed by atoms with Gasteiger partial charge >= 0.3 is 0 Å². The van der Waals surface area contributed by atoms with E-state index in [1.165, 1.54) is 6.42 Å². The Hall–Kier alpha value is -2.89. The van der Waals surface area contributed by atoms with Crippen LogP contribution in [-0.4, -0.2) is 47.0 Å². The van der Waals surface area contributed by atoms with Gasteiger partial charge in [0.2, 0.25) is 0 Å². The maximum atomic E-state index is 12.7. The van der Waals surface area contributed by atoms with Crippen molar-refractivity contribution >= 4 is 22.8 Å². The highest BCUT2D eigenvalue weighted by molar-refractivity contribution is 5.94. The summed E-state index contributed by atoms with van der Waals surface area (Å²) < 4.78 is 6.00. The van der Waals surface area contributed by atoms with Crippen LogP contribution in [0.25, 0.3) is 11.1 Å². The van der Waals surface area contributed by atoms with Gasteiger partial charge < -0.3 is 14.2 Å². The number of hydrogen-bond acceptors (Lipinski definition) is 5. The lowest BCUT2D eigenvalue weighted by Gasteiger charge is -2.32. The van der Waals surface area contributed by atoms with Crippen LogP contribution in [0.15, 0.2) is 47.0 Å². The first-order valence-corrected chi connectivity index (χ1v) is 10.6. The van der Waals surface area contributed by atoms with Gasteiger partial charge in [-0.3, -0.25) is 4.79 Å². The summed E-state index contributed by atoms with van der Waals surface area (Å²) in [7, 11) is 0. The van der Waals surface area contributed by atoms with E-state index in [0.717, 1.165) is 74.7 Å². The number of rotatable bonds is 3. The van der Waals surface area contributed by atoms with Crippen LogP contribution in [-0.2, 0) is 0 Å². The SMILES string of the molecule is O=C(c1ccc(N2CCCC(c3nc4ccccc4o3)C2)nc1)N1CCCCC1. The van der Waals surface area contributed by atoms with Gasteiger partial charge in [-0.15, -0.1) is 0 Å². The van der Waals surface area contributed by atoms with E-state index in [2.05, 4.69) is 14.9 Å². The molecule has 0 bridgehead atoms. The lowest BCUT2D eigenvalue weighted by Crippen LogP contribution is -2.36. The van der Waals surface area contributed by atoms with E-state index < -0.39 is 0 Å². The van der Waals surface area contributed by atoms with Crippen molar-refractivity contribution in [3.8, 4) is 0 Å². The highest BCUT2D eigenvalue weighted by Crippen LogP contribution is 2.30. The number of fused-ring (bicyclic) bond motifs is 1. The fourth-order valence-corrected chi connectivity index (χ4v) is 4.43. The maximum Gasteiger partial charge on any atom is 0.255 e. The molecule has 0 radical (unpaired) electrons. The second-order valence-corrected chi connectivity index (χ2v) is 8.06. The first kappa shape index (κ1) is 18.2. The summed E-state index contributed by atoms with van der Waals surface area (Å²) in [6.07, 6.45) is 7.28. The number of anilines is 1. The van der Waals surface area contributed by atoms with E-state index in [-0.39, 0.29) is 11.8 Å². The molecule has 0 spiro atoms. The molecular formula is C23H26N4O2. The van der Waals surface area contributed by atoms with E-state index in [1.54, 1.807) is 6.20 Å². The Labute approximate surface area is 170 Å². The molecule has 0 saturated carbocycles. The Morgan fingerprint density at radius 1 is 1.00 bits per heavy atom. The van der Waals surface area contributed by atoms with Gasteiger partial charge in [0.1, 0.15) is 11.3 Å². The van der Waals surface area contributed by atoms with Gasteiger partial charge in [0.15, 0.2) is 11.5 Å². The summed E-state index contributed by atoms with van der Waals surface area (Å²) in [4.78, 5) is 26.2. The zero-order valence-corrected chi connectivity index (χ0v) is 16.6. The molecule has 6 nitrogen and oxygen atoms in total. The van der Waals surface area contributed by atoms with Crippen LogP contribution in [0, 0.1) is 0 Å². The van der Waals surface area contributed by atoms with Gasteiger partial charge in [0, 0.05) is 32.4 Å². The number of pyridine rings is 1. The minimum absolute atomic E-state index is 0.103. The second-order valence-electron chi connectivity index (χ2n) is 8.06. The number of para-hydroxylation sites is 2. The number of nitrogens with zero attached hydrogens (tertiary/aromatic N) is 4. The zero-order chi connectivity index (χ0) is 19.6. The number of hydrogen-bond donors (Lipinski definition) is 0. The van der Waals surface area contributed by atoms with Crippen molar-refractivity contribution in [2.75, 3.05) is 31.1 Å². The average molecular weight is 390 g/mol. The summed E-state index contributed by atoms with van der Waals surface area (Å²) in [5.74, 6) is 2.09. The quantitative estimate of drug-likeness (QED) is 0.670. The molecule has 0 aliphatic carbocycles. The largest absolute Gasteiger partial charge is 0.440 e. The predicted octanol–water partition coefficient (Wildman–Crippen LogP) is 4.23. The highest BCUT2D eigenvalue weighted by Gasteiger charge is 2.26. The molecule has 0 N–H and O–H groups in total. The van der Waals surface area contributed by atoms with Crippen LogP contribution in [0.5, 0.6) is 0 Å². The number of amides is 1. The van der Waals surface area contributed by atoms with Crippen molar-refractivity contribution in [2.24, 2.45) is 0 Å². The second kappa shape index (κ2) is 7.85. The number of likely N-dealkylation sites (tertiary alicyclic amines) is 1. The summed E-state index contributed by atoms with van der Waals surface area (Å²) >= 11 is 0. The van der Waals surface area contributed by atoms with Crippen LogP contribution >= 0.6 is 0 Å². The third kappa shape index (κ3) is 3.71. The normalized spacial score (nSPS) is 20.2. The average Bonchev–Trinajstić information content (AvgIpc) is 3.24. The molecule has 5 rings (SSSR count). The summed E-state index contributed by atoms with van der Waals surface area (Å²) in [6, 6.07) is 11.8. The number of aromatic nitrogens is 2. The van der Waals surface area contributed by atoms with Gasteiger partial charge in [-0.2, -0.15) is 0 Å². The number of benzene rings is 1. The third-order valence-electron chi connectivity index (χ3n) is 6.04. The Kier molecular flexibility index (Phi) is 4.92. The third-order valence-corrected chi connectivity index (χ3v) is 6.04. The maximum absolute atomic E-state index is 12.7. The molecule has 2 aliphatic heterocycles. The monoisotopic (exact) mass is 390 g/mol. The first-order chi connectivity index (χ1) is 14.3. The zero-order valence-electron chi connectivity index (χ0n) is 16.6. The van der Waals surface area contributed by atoms with Gasteiger partial charge in [-0.05, 0) is 56.4 Å². The Morgan fingerprint density at radius 3 is 2.66 bits per heavy atom. The molecule has 1 unspecified atom stereocenters. The first-order valence-electron chi connectivity index (χ1n) is 10.6. The van der Waals surface area contributed by atoms with Crippen LogP contribution in [0.3, 0.4) is 0 Å². The molecule has 1 amide bonds. The molecule has 6 heteroatoms. The lowest BCUT2D eigenvalue weighted by atomic mass is 9.98.